The fourth-order valence-corrected chi connectivity index (χ4v) is 4.08. The van der Waals surface area contributed by atoms with Gasteiger partial charge in [-0.05, 0) is 12.0 Å². The van der Waals surface area contributed by atoms with Gasteiger partial charge in [-0.3, -0.25) is 4.79 Å². The lowest BCUT2D eigenvalue weighted by molar-refractivity contribution is 0.0949. The molecule has 0 spiro atoms. The molecule has 2 rings (SSSR count). The molecule has 0 bridgehead atoms. The topological polar surface area (TPSA) is 102 Å². The summed E-state index contributed by atoms with van der Waals surface area (Å²) in [4.78, 5) is 15.9. The second-order valence-electron chi connectivity index (χ2n) is 5.02. The van der Waals surface area contributed by atoms with Crippen molar-refractivity contribution in [1.82, 2.24) is 10.3 Å². The molecule has 0 fully saturated rings. The van der Waals surface area contributed by atoms with E-state index in [1.54, 1.807) is 17.5 Å². The molecule has 1 amide bonds. The van der Waals surface area contributed by atoms with Crippen LogP contribution in [0.5, 0.6) is 0 Å². The molecule has 0 aliphatic rings. The summed E-state index contributed by atoms with van der Waals surface area (Å²) >= 11 is 1.33. The van der Waals surface area contributed by atoms with Gasteiger partial charge in [0.15, 0.2) is 9.84 Å². The molecule has 6 nitrogen and oxygen atoms in total. The van der Waals surface area contributed by atoms with Gasteiger partial charge in [0.05, 0.1) is 11.5 Å². The average Bonchev–Trinajstić information content (AvgIpc) is 3.01. The van der Waals surface area contributed by atoms with Crippen LogP contribution in [0.15, 0.2) is 35.7 Å². The van der Waals surface area contributed by atoms with Crippen LogP contribution in [0.1, 0.15) is 27.5 Å². The fourth-order valence-electron chi connectivity index (χ4n) is 1.99. The number of sulfone groups is 1. The lowest BCUT2D eigenvalue weighted by atomic mass is 10.2. The molecule has 24 heavy (non-hydrogen) atoms. The maximum absolute atomic E-state index is 12.0. The number of nitrogens with one attached hydrogen (secondary N) is 1. The number of halogens is 1. The lowest BCUT2D eigenvalue weighted by Gasteiger charge is -2.05. The summed E-state index contributed by atoms with van der Waals surface area (Å²) in [6, 6.07) is 9.05. The molecule has 0 aliphatic heterocycles. The van der Waals surface area contributed by atoms with Crippen molar-refractivity contribution in [1.29, 1.82) is 0 Å². The molecule has 1 aromatic carbocycles. The van der Waals surface area contributed by atoms with Gasteiger partial charge < -0.3 is 11.1 Å². The predicted molar refractivity (Wildman–Crippen MR) is 98.1 cm³/mol. The molecule has 0 unspecified atom stereocenters. The number of aromatic nitrogens is 1. The highest BCUT2D eigenvalue weighted by atomic mass is 35.5. The zero-order valence-electron chi connectivity index (χ0n) is 13.0. The monoisotopic (exact) mass is 389 g/mol. The summed E-state index contributed by atoms with van der Waals surface area (Å²) < 4.78 is 24.0. The highest BCUT2D eigenvalue weighted by Crippen LogP contribution is 2.09. The van der Waals surface area contributed by atoms with Gasteiger partial charge in [0.25, 0.3) is 5.91 Å². The molecule has 0 radical (unpaired) electrons. The summed E-state index contributed by atoms with van der Waals surface area (Å²) in [6.07, 6.45) is 0.370. The number of thiazole rings is 1. The number of nitrogens with zero attached hydrogens (tertiary/aromatic N) is 1. The first kappa shape index (κ1) is 20.6. The van der Waals surface area contributed by atoms with Crippen LogP contribution in [0.3, 0.4) is 0 Å². The molecular weight excluding hydrogens is 370 g/mol. The zero-order chi connectivity index (χ0) is 16.7. The van der Waals surface area contributed by atoms with Gasteiger partial charge in [-0.1, -0.05) is 30.3 Å². The Bertz CT molecular complexity index is 748. The highest BCUT2D eigenvalue weighted by molar-refractivity contribution is 7.90. The second-order valence-corrected chi connectivity index (χ2v) is 8.14. The van der Waals surface area contributed by atoms with Gasteiger partial charge in [-0.25, -0.2) is 13.4 Å². The van der Waals surface area contributed by atoms with E-state index in [0.29, 0.717) is 30.2 Å². The fraction of sp³-hybridized carbons (Fsp3) is 0.333. The van der Waals surface area contributed by atoms with Gasteiger partial charge in [-0.15, -0.1) is 23.7 Å². The number of rotatable bonds is 8. The van der Waals surface area contributed by atoms with Crippen molar-refractivity contribution in [3.05, 3.63) is 52.0 Å². The van der Waals surface area contributed by atoms with Crippen LogP contribution < -0.4 is 11.1 Å². The van der Waals surface area contributed by atoms with Crippen LogP contribution in [0.4, 0.5) is 0 Å². The van der Waals surface area contributed by atoms with E-state index in [0.717, 1.165) is 5.56 Å². The summed E-state index contributed by atoms with van der Waals surface area (Å²) in [5.74, 6) is -0.248. The average molecular weight is 390 g/mol. The number of hydrogen-bond acceptors (Lipinski definition) is 6. The molecule has 3 N–H and O–H groups in total. The molecular formula is C15H20ClN3O3S2. The lowest BCUT2D eigenvalue weighted by Crippen LogP contribution is -2.26. The Kier molecular flexibility index (Phi) is 8.34. The second kappa shape index (κ2) is 9.73. The quantitative estimate of drug-likeness (QED) is 0.669. The van der Waals surface area contributed by atoms with Gasteiger partial charge >= 0.3 is 0 Å². The summed E-state index contributed by atoms with van der Waals surface area (Å²) in [5.41, 5.74) is 6.54. The van der Waals surface area contributed by atoms with Crippen LogP contribution in [0.25, 0.3) is 0 Å². The van der Waals surface area contributed by atoms with Crippen molar-refractivity contribution in [3.63, 3.8) is 0 Å². The molecule has 9 heteroatoms. The first-order chi connectivity index (χ1) is 11.0. The van der Waals surface area contributed by atoms with Gasteiger partial charge in [0.1, 0.15) is 10.7 Å². The first-order valence-corrected chi connectivity index (χ1v) is 9.87. The number of nitrogens with two attached hydrogens (primary N) is 1. The number of carbonyl (C=O) groups excluding carboxylic acids is 1. The van der Waals surface area contributed by atoms with Crippen molar-refractivity contribution in [2.24, 2.45) is 5.73 Å². The largest absolute Gasteiger partial charge is 0.351 e. The minimum absolute atomic E-state index is 0. The van der Waals surface area contributed by atoms with Crippen molar-refractivity contribution in [2.75, 3.05) is 12.3 Å². The Morgan fingerprint density at radius 2 is 1.96 bits per heavy atom. The molecule has 0 atom stereocenters. The number of carbonyl (C=O) groups is 1. The molecule has 0 aliphatic carbocycles. The van der Waals surface area contributed by atoms with E-state index in [4.69, 9.17) is 5.73 Å². The summed E-state index contributed by atoms with van der Waals surface area (Å²) in [5, 5.41) is 5.01. The normalized spacial score (nSPS) is 10.9. The molecule has 2 aromatic rings. The van der Waals surface area contributed by atoms with E-state index >= 15 is 0 Å². The van der Waals surface area contributed by atoms with E-state index in [2.05, 4.69) is 10.3 Å². The van der Waals surface area contributed by atoms with Gasteiger partial charge in [-0.2, -0.15) is 0 Å². The third kappa shape index (κ3) is 6.56. The van der Waals surface area contributed by atoms with E-state index < -0.39 is 9.84 Å². The van der Waals surface area contributed by atoms with Gasteiger partial charge in [0.2, 0.25) is 0 Å². The minimum atomic E-state index is -3.18. The molecule has 1 heterocycles. The smallest absolute Gasteiger partial charge is 0.270 e. The van der Waals surface area contributed by atoms with Crippen molar-refractivity contribution in [3.8, 4) is 0 Å². The number of benzene rings is 1. The molecule has 132 valence electrons. The molecule has 1 aromatic heterocycles. The van der Waals surface area contributed by atoms with Crippen molar-refractivity contribution >= 4 is 39.5 Å². The minimum Gasteiger partial charge on any atom is -0.351 e. The van der Waals surface area contributed by atoms with E-state index in [1.807, 2.05) is 18.2 Å². The van der Waals surface area contributed by atoms with Gasteiger partial charge in [0, 0.05) is 18.5 Å². The zero-order valence-corrected chi connectivity index (χ0v) is 15.4. The Morgan fingerprint density at radius 1 is 1.25 bits per heavy atom. The van der Waals surface area contributed by atoms with E-state index in [1.165, 1.54) is 11.3 Å². The van der Waals surface area contributed by atoms with E-state index in [9.17, 15) is 13.2 Å². The summed E-state index contributed by atoms with van der Waals surface area (Å²) in [6.45, 7) is 0.595. The highest BCUT2D eigenvalue weighted by Gasteiger charge is 2.13. The van der Waals surface area contributed by atoms with Crippen LogP contribution in [0, 0.1) is 0 Å². The number of hydrogen-bond donors (Lipinski definition) is 2. The standard InChI is InChI=1S/C15H19N3O3S2.ClH/c16-9-14-18-13(10-22-14)15(19)17-7-4-8-23(20,21)11-12-5-2-1-3-6-12;/h1-3,5-6,10H,4,7-9,11,16H2,(H,17,19);1H. The van der Waals surface area contributed by atoms with E-state index in [-0.39, 0.29) is 29.8 Å². The Labute approximate surface area is 151 Å². The molecule has 0 saturated heterocycles. The van der Waals surface area contributed by atoms with Crippen LogP contribution in [-0.2, 0) is 22.1 Å². The van der Waals surface area contributed by atoms with Crippen LogP contribution in [0.2, 0.25) is 0 Å². The maximum atomic E-state index is 12.0. The predicted octanol–water partition coefficient (Wildman–Crippen LogP) is 1.76. The SMILES string of the molecule is Cl.NCc1nc(C(=O)NCCCS(=O)(=O)Cc2ccccc2)cs1. The van der Waals surface area contributed by atoms with Crippen molar-refractivity contribution in [2.45, 2.75) is 18.7 Å². The van der Waals surface area contributed by atoms with Crippen molar-refractivity contribution < 1.29 is 13.2 Å². The Balaban J connectivity index is 0.00000288. The van der Waals surface area contributed by atoms with Crippen LogP contribution >= 0.6 is 23.7 Å². The number of amides is 1. The maximum Gasteiger partial charge on any atom is 0.270 e. The van der Waals surface area contributed by atoms with Crippen LogP contribution in [-0.4, -0.2) is 31.6 Å². The third-order valence-electron chi connectivity index (χ3n) is 3.11. The third-order valence-corrected chi connectivity index (χ3v) is 5.66. The molecule has 0 saturated carbocycles. The summed E-state index contributed by atoms with van der Waals surface area (Å²) in [7, 11) is -3.18. The Hall–Kier alpha value is -1.48. The first-order valence-electron chi connectivity index (χ1n) is 7.17. The Morgan fingerprint density at radius 3 is 2.58 bits per heavy atom.